The van der Waals surface area contributed by atoms with Gasteiger partial charge in [-0.2, -0.15) is 18.3 Å². The topological polar surface area (TPSA) is 93.2 Å². The summed E-state index contributed by atoms with van der Waals surface area (Å²) < 4.78 is 62.0. The van der Waals surface area contributed by atoms with E-state index in [1.165, 1.54) is 19.1 Å². The van der Waals surface area contributed by atoms with E-state index >= 15 is 0 Å². The number of amides is 1. The number of aliphatic hydroxyl groups is 1. The van der Waals surface area contributed by atoms with Gasteiger partial charge < -0.3 is 14.9 Å². The molecule has 7 nitrogen and oxygen atoms in total. The summed E-state index contributed by atoms with van der Waals surface area (Å²) in [7, 11) is 0. The van der Waals surface area contributed by atoms with Crippen molar-refractivity contribution >= 4 is 17.5 Å². The highest BCUT2D eigenvalue weighted by molar-refractivity contribution is 6.33. The van der Waals surface area contributed by atoms with E-state index in [2.05, 4.69) is 15.6 Å². The highest BCUT2D eigenvalue weighted by Gasteiger charge is 2.42. The molecule has 0 aliphatic heterocycles. The van der Waals surface area contributed by atoms with Crippen LogP contribution in [0.25, 0.3) is 22.6 Å². The molecule has 3 aromatic rings. The molecule has 1 saturated carbocycles. The average Bonchev–Trinajstić information content (AvgIpc) is 3.22. The first kappa shape index (κ1) is 22.3. The van der Waals surface area contributed by atoms with Crippen LogP contribution in [0.2, 0.25) is 5.02 Å². The van der Waals surface area contributed by atoms with Crippen LogP contribution in [0.5, 0.6) is 0 Å². The number of rotatable bonds is 6. The first-order valence-corrected chi connectivity index (χ1v) is 10.0. The van der Waals surface area contributed by atoms with Crippen molar-refractivity contribution in [3.05, 3.63) is 46.5 Å². The summed E-state index contributed by atoms with van der Waals surface area (Å²) in [5.74, 6) is -2.12. The van der Waals surface area contributed by atoms with E-state index in [-0.39, 0.29) is 27.9 Å². The number of nitrogens with zero attached hydrogens (tertiary/aromatic N) is 3. The Kier molecular flexibility index (Phi) is 5.72. The van der Waals surface area contributed by atoms with Crippen molar-refractivity contribution in [3.63, 3.8) is 0 Å². The van der Waals surface area contributed by atoms with Gasteiger partial charge in [0, 0.05) is 6.04 Å². The first-order valence-electron chi connectivity index (χ1n) is 9.64. The first-order chi connectivity index (χ1) is 15.1. The number of carbonyl (C=O) groups excluding carboxylic acids is 1. The number of benzene rings is 1. The maximum atomic E-state index is 14.6. The van der Waals surface area contributed by atoms with Crippen LogP contribution in [0.3, 0.4) is 0 Å². The van der Waals surface area contributed by atoms with Gasteiger partial charge >= 0.3 is 6.18 Å². The van der Waals surface area contributed by atoms with Gasteiger partial charge in [-0.15, -0.1) is 0 Å². The Morgan fingerprint density at radius 2 is 2.12 bits per heavy atom. The minimum Gasteiger partial charge on any atom is -0.391 e. The maximum Gasteiger partial charge on any atom is 0.433 e. The number of hydrogen-bond acceptors (Lipinski definition) is 5. The zero-order valence-corrected chi connectivity index (χ0v) is 17.3. The fourth-order valence-corrected chi connectivity index (χ4v) is 3.56. The van der Waals surface area contributed by atoms with E-state index in [1.807, 2.05) is 0 Å². The third-order valence-electron chi connectivity index (χ3n) is 4.82. The molecular formula is C20H17ClF4N4O3. The van der Waals surface area contributed by atoms with Crippen LogP contribution in [0.1, 0.15) is 35.8 Å². The zero-order chi connectivity index (χ0) is 23.2. The molecule has 1 aliphatic carbocycles. The summed E-state index contributed by atoms with van der Waals surface area (Å²) >= 11 is 6.10. The normalized spacial score (nSPS) is 15.1. The minimum absolute atomic E-state index is 0.0915. The largest absolute Gasteiger partial charge is 0.433 e. The number of hydrogen-bond donors (Lipinski definition) is 2. The van der Waals surface area contributed by atoms with Gasteiger partial charge in [0.05, 0.1) is 35.0 Å². The Balaban J connectivity index is 1.94. The van der Waals surface area contributed by atoms with Crippen LogP contribution in [-0.2, 0) is 12.7 Å². The number of aromatic nitrogens is 3. The van der Waals surface area contributed by atoms with Crippen molar-refractivity contribution in [3.8, 4) is 22.6 Å². The summed E-state index contributed by atoms with van der Waals surface area (Å²) in [5.41, 5.74) is -2.77. The second-order valence-electron chi connectivity index (χ2n) is 7.52. The van der Waals surface area contributed by atoms with Gasteiger partial charge in [-0.05, 0) is 31.9 Å². The summed E-state index contributed by atoms with van der Waals surface area (Å²) in [5, 5.41) is 19.5. The van der Waals surface area contributed by atoms with Crippen LogP contribution >= 0.6 is 11.6 Å². The Morgan fingerprint density at radius 3 is 2.72 bits per heavy atom. The summed E-state index contributed by atoms with van der Waals surface area (Å²) in [6.45, 7) is 0.862. The Bertz CT molecular complexity index is 1150. The third kappa shape index (κ3) is 4.22. The number of alkyl halides is 3. The maximum absolute atomic E-state index is 14.6. The van der Waals surface area contributed by atoms with E-state index < -0.39 is 47.6 Å². The van der Waals surface area contributed by atoms with Gasteiger partial charge in [0.25, 0.3) is 5.91 Å². The Morgan fingerprint density at radius 1 is 1.41 bits per heavy atom. The fraction of sp³-hybridized carbons (Fsp3) is 0.350. The van der Waals surface area contributed by atoms with Gasteiger partial charge in [-0.1, -0.05) is 22.8 Å². The average molecular weight is 473 g/mol. The van der Waals surface area contributed by atoms with E-state index in [0.717, 1.165) is 12.3 Å². The molecule has 32 heavy (non-hydrogen) atoms. The summed E-state index contributed by atoms with van der Waals surface area (Å²) in [6.07, 6.45) is -3.73. The molecule has 2 N–H and O–H groups in total. The molecule has 0 bridgehead atoms. The molecule has 0 unspecified atom stereocenters. The molecule has 2 aromatic heterocycles. The van der Waals surface area contributed by atoms with Crippen LogP contribution in [-0.4, -0.2) is 38.1 Å². The predicted octanol–water partition coefficient (Wildman–Crippen LogP) is 4.29. The van der Waals surface area contributed by atoms with Crippen molar-refractivity contribution in [2.75, 3.05) is 0 Å². The minimum atomic E-state index is -4.90. The van der Waals surface area contributed by atoms with Crippen molar-refractivity contribution in [1.82, 2.24) is 20.3 Å². The molecule has 1 amide bonds. The molecule has 2 heterocycles. The third-order valence-corrected chi connectivity index (χ3v) is 5.14. The molecule has 1 fully saturated rings. The lowest BCUT2D eigenvalue weighted by Crippen LogP contribution is -2.26. The van der Waals surface area contributed by atoms with Crippen molar-refractivity contribution in [2.45, 2.75) is 44.6 Å². The Hall–Kier alpha value is -2.92. The zero-order valence-electron chi connectivity index (χ0n) is 16.6. The molecule has 1 atom stereocenters. The molecule has 170 valence electrons. The smallest absolute Gasteiger partial charge is 0.391 e. The fourth-order valence-electron chi connectivity index (χ4n) is 3.30. The van der Waals surface area contributed by atoms with E-state index in [0.29, 0.717) is 17.5 Å². The SMILES string of the molecule is C[C@@H](O)Cn1ncc(-c2onc(-c3c(F)cccc3Cl)c2C(=O)NC2CC2)c1C(F)(F)F. The van der Waals surface area contributed by atoms with Gasteiger partial charge in [0.1, 0.15) is 17.1 Å². The molecular weight excluding hydrogens is 456 g/mol. The highest BCUT2D eigenvalue weighted by Crippen LogP contribution is 2.42. The number of aliphatic hydroxyl groups excluding tert-OH is 1. The second-order valence-corrected chi connectivity index (χ2v) is 7.92. The van der Waals surface area contributed by atoms with Crippen LogP contribution in [0.4, 0.5) is 17.6 Å². The Labute approximate surface area is 184 Å². The molecule has 0 spiro atoms. The lowest BCUT2D eigenvalue weighted by molar-refractivity contribution is -0.144. The predicted molar refractivity (Wildman–Crippen MR) is 105 cm³/mol. The van der Waals surface area contributed by atoms with Crippen LogP contribution < -0.4 is 5.32 Å². The lowest BCUT2D eigenvalue weighted by Gasteiger charge is -2.13. The standard InChI is InChI=1S/C20H17ClF4N4O3/c1-9(30)8-29-18(20(23,24)25)11(7-26-29)17-15(19(31)27-10-5-6-10)16(28-32-17)14-12(21)3-2-4-13(14)22/h2-4,7,9-10,30H,5-6,8H2,1H3,(H,27,31)/t9-/m1/s1. The van der Waals surface area contributed by atoms with Crippen LogP contribution in [0.15, 0.2) is 28.9 Å². The van der Waals surface area contributed by atoms with E-state index in [9.17, 15) is 27.5 Å². The van der Waals surface area contributed by atoms with Crippen molar-refractivity contribution in [2.24, 2.45) is 0 Å². The highest BCUT2D eigenvalue weighted by atomic mass is 35.5. The number of nitrogens with one attached hydrogen (secondary N) is 1. The molecule has 1 aromatic carbocycles. The summed E-state index contributed by atoms with van der Waals surface area (Å²) in [6, 6.07) is 3.64. The monoisotopic (exact) mass is 472 g/mol. The molecule has 12 heteroatoms. The van der Waals surface area contributed by atoms with Gasteiger partial charge in [0.15, 0.2) is 11.5 Å². The number of halogens is 5. The molecule has 0 saturated heterocycles. The summed E-state index contributed by atoms with van der Waals surface area (Å²) in [4.78, 5) is 13.0. The van der Waals surface area contributed by atoms with Crippen molar-refractivity contribution < 1.29 is 32.0 Å². The van der Waals surface area contributed by atoms with Gasteiger partial charge in [-0.25, -0.2) is 4.39 Å². The number of carbonyl (C=O) groups is 1. The van der Waals surface area contributed by atoms with E-state index in [4.69, 9.17) is 16.1 Å². The second kappa shape index (κ2) is 8.21. The quantitative estimate of drug-likeness (QED) is 0.522. The van der Waals surface area contributed by atoms with Crippen molar-refractivity contribution in [1.29, 1.82) is 0 Å². The molecule has 0 radical (unpaired) electrons. The molecule has 4 rings (SSSR count). The van der Waals surface area contributed by atoms with Gasteiger partial charge in [0.2, 0.25) is 0 Å². The van der Waals surface area contributed by atoms with Gasteiger partial charge in [-0.3, -0.25) is 9.48 Å². The lowest BCUT2D eigenvalue weighted by atomic mass is 10.0. The van der Waals surface area contributed by atoms with Crippen LogP contribution in [0, 0.1) is 5.82 Å². The molecule has 1 aliphatic rings. The van der Waals surface area contributed by atoms with E-state index in [1.54, 1.807) is 0 Å².